The van der Waals surface area contributed by atoms with Gasteiger partial charge in [0, 0.05) is 18.7 Å². The third kappa shape index (κ3) is 4.05. The van der Waals surface area contributed by atoms with Crippen LogP contribution in [0.2, 0.25) is 0 Å². The molecular weight excluding hydrogens is 260 g/mol. The van der Waals surface area contributed by atoms with Crippen LogP contribution >= 0.6 is 0 Å². The van der Waals surface area contributed by atoms with E-state index in [9.17, 15) is 4.79 Å². The molecule has 2 rings (SSSR count). The Morgan fingerprint density at radius 1 is 1.10 bits per heavy atom. The van der Waals surface area contributed by atoms with Gasteiger partial charge in [-0.3, -0.25) is 4.79 Å². The zero-order chi connectivity index (χ0) is 15.5. The maximum absolute atomic E-state index is 12.5. The predicted octanol–water partition coefficient (Wildman–Crippen LogP) is 3.16. The highest BCUT2D eigenvalue weighted by molar-refractivity contribution is 6.06. The lowest BCUT2D eigenvalue weighted by atomic mass is 9.92. The molecule has 0 saturated heterocycles. The van der Waals surface area contributed by atoms with Crippen LogP contribution in [-0.2, 0) is 0 Å². The first kappa shape index (κ1) is 15.5. The summed E-state index contributed by atoms with van der Waals surface area (Å²) in [6, 6.07) is 13.8. The Morgan fingerprint density at radius 2 is 1.76 bits per heavy atom. The van der Waals surface area contributed by atoms with Crippen molar-refractivity contribution in [1.29, 1.82) is 0 Å². The van der Waals surface area contributed by atoms with E-state index >= 15 is 0 Å². The van der Waals surface area contributed by atoms with E-state index in [4.69, 9.17) is 0 Å². The third-order valence-corrected chi connectivity index (χ3v) is 3.51. The molecule has 0 atom stereocenters. The number of nitrogens with zero attached hydrogens (tertiary/aromatic N) is 1. The topological polar surface area (TPSA) is 32.3 Å². The van der Waals surface area contributed by atoms with Crippen molar-refractivity contribution in [2.24, 2.45) is 5.41 Å². The number of carbonyl (C=O) groups is 1. The summed E-state index contributed by atoms with van der Waals surface area (Å²) >= 11 is 0. The number of hydrogen-bond donors (Lipinski definition) is 1. The Bertz CT molecular complexity index is 627. The van der Waals surface area contributed by atoms with Crippen LogP contribution < -0.4 is 5.32 Å². The second-order valence-corrected chi connectivity index (χ2v) is 6.61. The van der Waals surface area contributed by atoms with E-state index in [-0.39, 0.29) is 11.3 Å². The maximum atomic E-state index is 12.5. The molecule has 0 radical (unpaired) electrons. The van der Waals surface area contributed by atoms with Crippen LogP contribution in [0, 0.1) is 5.41 Å². The van der Waals surface area contributed by atoms with E-state index in [1.165, 1.54) is 0 Å². The zero-order valence-electron chi connectivity index (χ0n) is 13.3. The van der Waals surface area contributed by atoms with E-state index in [1.807, 2.05) is 56.6 Å². The molecule has 0 aliphatic heterocycles. The van der Waals surface area contributed by atoms with Crippen LogP contribution in [0.15, 0.2) is 42.5 Å². The highest BCUT2D eigenvalue weighted by Gasteiger charge is 2.20. The Labute approximate surface area is 127 Å². The quantitative estimate of drug-likeness (QED) is 0.914. The van der Waals surface area contributed by atoms with Gasteiger partial charge in [-0.2, -0.15) is 0 Å². The molecule has 2 aromatic carbocycles. The number of amides is 1. The summed E-state index contributed by atoms with van der Waals surface area (Å²) in [5, 5.41) is 5.17. The molecule has 1 N–H and O–H groups in total. The summed E-state index contributed by atoms with van der Waals surface area (Å²) in [5.74, 6) is -0.00127. The van der Waals surface area contributed by atoms with Gasteiger partial charge in [0.05, 0.1) is 0 Å². The molecule has 1 amide bonds. The van der Waals surface area contributed by atoms with Gasteiger partial charge in [-0.15, -0.1) is 0 Å². The SMILES string of the molecule is CN(C)CC(C)(C)CNC(=O)c1cccc2ccccc12. The highest BCUT2D eigenvalue weighted by atomic mass is 16.1. The van der Waals surface area contributed by atoms with Gasteiger partial charge in [-0.25, -0.2) is 0 Å². The minimum Gasteiger partial charge on any atom is -0.351 e. The lowest BCUT2D eigenvalue weighted by molar-refractivity contribution is 0.0931. The number of hydrogen-bond acceptors (Lipinski definition) is 2. The Balaban J connectivity index is 2.13. The van der Waals surface area contributed by atoms with E-state index in [2.05, 4.69) is 24.1 Å². The van der Waals surface area contributed by atoms with Gasteiger partial charge >= 0.3 is 0 Å². The largest absolute Gasteiger partial charge is 0.351 e. The van der Waals surface area contributed by atoms with Crippen molar-refractivity contribution >= 4 is 16.7 Å². The summed E-state index contributed by atoms with van der Waals surface area (Å²) in [7, 11) is 4.10. The fraction of sp³-hybridized carbons (Fsp3) is 0.389. The van der Waals surface area contributed by atoms with Crippen LogP contribution in [0.4, 0.5) is 0 Å². The van der Waals surface area contributed by atoms with Crippen molar-refractivity contribution in [2.45, 2.75) is 13.8 Å². The van der Waals surface area contributed by atoms with E-state index in [0.29, 0.717) is 6.54 Å². The Morgan fingerprint density at radius 3 is 2.48 bits per heavy atom. The number of fused-ring (bicyclic) bond motifs is 1. The number of nitrogens with one attached hydrogen (secondary N) is 1. The Hall–Kier alpha value is -1.87. The van der Waals surface area contributed by atoms with Crippen LogP contribution in [0.25, 0.3) is 10.8 Å². The molecule has 0 aliphatic rings. The monoisotopic (exact) mass is 284 g/mol. The average Bonchev–Trinajstić information content (AvgIpc) is 2.43. The molecule has 0 spiro atoms. The normalized spacial score (nSPS) is 11.9. The first-order valence-electron chi connectivity index (χ1n) is 7.30. The van der Waals surface area contributed by atoms with Crippen LogP contribution in [0.1, 0.15) is 24.2 Å². The van der Waals surface area contributed by atoms with Crippen molar-refractivity contribution in [1.82, 2.24) is 10.2 Å². The van der Waals surface area contributed by atoms with Crippen molar-refractivity contribution in [3.8, 4) is 0 Å². The smallest absolute Gasteiger partial charge is 0.251 e. The fourth-order valence-corrected chi connectivity index (χ4v) is 2.75. The molecule has 0 aliphatic carbocycles. The standard InChI is InChI=1S/C18H24N2O/c1-18(2,13-20(3)4)12-19-17(21)16-11-7-9-14-8-5-6-10-15(14)16/h5-11H,12-13H2,1-4H3,(H,19,21). The van der Waals surface area contributed by atoms with Crippen LogP contribution in [0.5, 0.6) is 0 Å². The molecule has 3 nitrogen and oxygen atoms in total. The van der Waals surface area contributed by atoms with Gasteiger partial charge in [0.15, 0.2) is 0 Å². The molecule has 3 heteroatoms. The number of benzene rings is 2. The van der Waals surface area contributed by atoms with Crippen molar-refractivity contribution < 1.29 is 4.79 Å². The molecule has 2 aromatic rings. The molecule has 0 aromatic heterocycles. The molecule has 0 unspecified atom stereocenters. The fourth-order valence-electron chi connectivity index (χ4n) is 2.75. The molecular formula is C18H24N2O. The minimum absolute atomic E-state index is 0.00127. The summed E-state index contributed by atoms with van der Waals surface area (Å²) < 4.78 is 0. The molecule has 21 heavy (non-hydrogen) atoms. The highest BCUT2D eigenvalue weighted by Crippen LogP contribution is 2.19. The minimum atomic E-state index is -0.00127. The summed E-state index contributed by atoms with van der Waals surface area (Å²) in [5.41, 5.74) is 0.790. The van der Waals surface area contributed by atoms with E-state index in [1.54, 1.807) is 0 Å². The maximum Gasteiger partial charge on any atom is 0.251 e. The molecule has 0 fully saturated rings. The second-order valence-electron chi connectivity index (χ2n) is 6.61. The van der Waals surface area contributed by atoms with Crippen LogP contribution in [-0.4, -0.2) is 38.0 Å². The predicted molar refractivity (Wildman–Crippen MR) is 88.6 cm³/mol. The first-order valence-corrected chi connectivity index (χ1v) is 7.30. The first-order chi connectivity index (χ1) is 9.89. The summed E-state index contributed by atoms with van der Waals surface area (Å²) in [6.45, 7) is 5.92. The van der Waals surface area contributed by atoms with E-state index < -0.39 is 0 Å². The Kier molecular flexibility index (Phi) is 4.63. The lowest BCUT2D eigenvalue weighted by Crippen LogP contribution is -2.40. The van der Waals surface area contributed by atoms with Gasteiger partial charge in [0.1, 0.15) is 0 Å². The van der Waals surface area contributed by atoms with Crippen molar-refractivity contribution in [3.05, 3.63) is 48.0 Å². The molecule has 0 bridgehead atoms. The van der Waals surface area contributed by atoms with E-state index in [0.717, 1.165) is 22.9 Å². The molecule has 0 saturated carbocycles. The summed E-state index contributed by atoms with van der Waals surface area (Å²) in [6.07, 6.45) is 0. The van der Waals surface area contributed by atoms with Crippen molar-refractivity contribution in [2.75, 3.05) is 27.2 Å². The third-order valence-electron chi connectivity index (χ3n) is 3.51. The zero-order valence-corrected chi connectivity index (χ0v) is 13.3. The van der Waals surface area contributed by atoms with Gasteiger partial charge in [0.2, 0.25) is 0 Å². The van der Waals surface area contributed by atoms with Gasteiger partial charge in [-0.05, 0) is 36.3 Å². The van der Waals surface area contributed by atoms with Gasteiger partial charge in [-0.1, -0.05) is 50.2 Å². The van der Waals surface area contributed by atoms with Crippen molar-refractivity contribution in [3.63, 3.8) is 0 Å². The lowest BCUT2D eigenvalue weighted by Gasteiger charge is -2.28. The molecule has 0 heterocycles. The van der Waals surface area contributed by atoms with Crippen LogP contribution in [0.3, 0.4) is 0 Å². The average molecular weight is 284 g/mol. The van der Waals surface area contributed by atoms with Gasteiger partial charge < -0.3 is 10.2 Å². The number of carbonyl (C=O) groups excluding carboxylic acids is 1. The van der Waals surface area contributed by atoms with Gasteiger partial charge in [0.25, 0.3) is 5.91 Å². The second kappa shape index (κ2) is 6.27. The number of rotatable bonds is 5. The molecule has 112 valence electrons. The summed E-state index contributed by atoms with van der Waals surface area (Å²) in [4.78, 5) is 14.6.